The van der Waals surface area contributed by atoms with Gasteiger partial charge in [-0.1, -0.05) is 73.3 Å². The Kier molecular flexibility index (Phi) is 8.04. The minimum Gasteiger partial charge on any atom is -0.436 e. The molecule has 0 atom stereocenters. The molecule has 1 aliphatic rings. The summed E-state index contributed by atoms with van der Waals surface area (Å²) in [4.78, 5) is 9.31. The van der Waals surface area contributed by atoms with Gasteiger partial charge in [0.15, 0.2) is 9.84 Å². The van der Waals surface area contributed by atoms with Gasteiger partial charge in [-0.15, -0.1) is 5.10 Å². The number of nitrogens with zero attached hydrogens (tertiary/aromatic N) is 4. The normalized spacial score (nSPS) is 14.1. The Morgan fingerprint density at radius 1 is 0.929 bits per heavy atom. The number of halogens is 1. The van der Waals surface area contributed by atoms with Gasteiger partial charge in [0.25, 0.3) is 0 Å². The Labute approximate surface area is 250 Å². The van der Waals surface area contributed by atoms with Crippen LogP contribution in [-0.4, -0.2) is 34.6 Å². The van der Waals surface area contributed by atoms with Crippen LogP contribution in [0.5, 0.6) is 11.6 Å². The van der Waals surface area contributed by atoms with Crippen molar-refractivity contribution in [2.45, 2.75) is 55.7 Å². The smallest absolute Gasteiger partial charge is 0.248 e. The maximum absolute atomic E-state index is 13.3. The zero-order chi connectivity index (χ0) is 29.1. The topological polar surface area (TPSA) is 107 Å². The molecule has 0 saturated heterocycles. The first-order chi connectivity index (χ1) is 20.4. The minimum atomic E-state index is -3.69. The summed E-state index contributed by atoms with van der Waals surface area (Å²) in [6.07, 6.45) is 9.25. The molecule has 0 amide bonds. The average molecular weight is 600 g/mol. The highest BCUT2D eigenvalue weighted by atomic mass is 35.5. The molecule has 2 aromatic heterocycles. The van der Waals surface area contributed by atoms with E-state index in [0.29, 0.717) is 40.4 Å². The van der Waals surface area contributed by atoms with Crippen molar-refractivity contribution in [3.8, 4) is 22.9 Å². The lowest BCUT2D eigenvalue weighted by molar-refractivity contribution is 0.458. The molecule has 3 aromatic carbocycles. The van der Waals surface area contributed by atoms with Gasteiger partial charge in [0.05, 0.1) is 33.1 Å². The number of aromatic nitrogens is 4. The largest absolute Gasteiger partial charge is 0.436 e. The van der Waals surface area contributed by atoms with Crippen molar-refractivity contribution in [3.63, 3.8) is 0 Å². The lowest BCUT2D eigenvalue weighted by Crippen LogP contribution is -2.23. The van der Waals surface area contributed by atoms with Crippen LogP contribution < -0.4 is 10.1 Å². The minimum absolute atomic E-state index is 0.110. The number of aryl methyl sites for hydroxylation is 1. The van der Waals surface area contributed by atoms with Crippen LogP contribution in [0.1, 0.15) is 43.2 Å². The lowest BCUT2D eigenvalue weighted by Gasteiger charge is -2.22. The van der Waals surface area contributed by atoms with E-state index in [4.69, 9.17) is 21.3 Å². The van der Waals surface area contributed by atoms with Crippen molar-refractivity contribution in [2.24, 2.45) is 0 Å². The lowest BCUT2D eigenvalue weighted by atomic mass is 9.96. The zero-order valence-corrected chi connectivity index (χ0v) is 24.7. The van der Waals surface area contributed by atoms with E-state index in [1.165, 1.54) is 25.3 Å². The first kappa shape index (κ1) is 28.1. The molecule has 0 aliphatic heterocycles. The highest BCUT2D eigenvalue weighted by molar-refractivity contribution is 7.90. The number of benzene rings is 3. The molecule has 6 rings (SSSR count). The molecule has 42 heavy (non-hydrogen) atoms. The van der Waals surface area contributed by atoms with E-state index in [1.54, 1.807) is 30.6 Å². The van der Waals surface area contributed by atoms with E-state index in [1.807, 2.05) is 49.4 Å². The van der Waals surface area contributed by atoms with Gasteiger partial charge in [0, 0.05) is 17.6 Å². The Morgan fingerprint density at radius 3 is 2.60 bits per heavy atom. The highest BCUT2D eigenvalue weighted by Gasteiger charge is 2.22. The second-order valence-electron chi connectivity index (χ2n) is 10.5. The maximum atomic E-state index is 13.3. The molecule has 8 nitrogen and oxygen atoms in total. The predicted octanol–water partition coefficient (Wildman–Crippen LogP) is 7.56. The van der Waals surface area contributed by atoms with Crippen LogP contribution in [0, 0.1) is 6.92 Å². The number of fused-ring (bicyclic) bond motifs is 1. The van der Waals surface area contributed by atoms with Crippen LogP contribution in [0.4, 0.5) is 5.95 Å². The van der Waals surface area contributed by atoms with Gasteiger partial charge >= 0.3 is 0 Å². The molecule has 10 heteroatoms. The maximum Gasteiger partial charge on any atom is 0.248 e. The van der Waals surface area contributed by atoms with Crippen molar-refractivity contribution in [1.29, 1.82) is 0 Å². The molecule has 1 aliphatic carbocycles. The number of ether oxygens (including phenoxy) is 1. The first-order valence-electron chi connectivity index (χ1n) is 14.0. The monoisotopic (exact) mass is 599 g/mol. The number of rotatable bonds is 8. The number of anilines is 1. The van der Waals surface area contributed by atoms with Crippen molar-refractivity contribution in [1.82, 2.24) is 20.2 Å². The zero-order valence-electron chi connectivity index (χ0n) is 23.1. The number of sulfone groups is 1. The Bertz CT molecular complexity index is 1860. The summed E-state index contributed by atoms with van der Waals surface area (Å²) in [6, 6.07) is 19.9. The van der Waals surface area contributed by atoms with Gasteiger partial charge in [0.1, 0.15) is 5.75 Å². The van der Waals surface area contributed by atoms with Gasteiger partial charge in [-0.2, -0.15) is 5.10 Å². The predicted molar refractivity (Wildman–Crippen MR) is 165 cm³/mol. The van der Waals surface area contributed by atoms with Crippen LogP contribution in [0.25, 0.3) is 22.0 Å². The number of hydrogen-bond donors (Lipinski definition) is 1. The molecular formula is C32H30ClN5O3S. The van der Waals surface area contributed by atoms with E-state index in [-0.39, 0.29) is 15.7 Å². The molecule has 1 fully saturated rings. The van der Waals surface area contributed by atoms with Crippen molar-refractivity contribution >= 4 is 38.2 Å². The fraction of sp³-hybridized carbons (Fsp3) is 0.250. The van der Waals surface area contributed by atoms with E-state index in [2.05, 4.69) is 20.5 Å². The van der Waals surface area contributed by atoms with Crippen molar-refractivity contribution in [2.75, 3.05) is 5.32 Å². The molecule has 5 aromatic rings. The summed E-state index contributed by atoms with van der Waals surface area (Å²) in [5, 5.41) is 13.6. The summed E-state index contributed by atoms with van der Waals surface area (Å²) >= 11 is 6.23. The van der Waals surface area contributed by atoms with Crippen molar-refractivity contribution in [3.05, 3.63) is 95.3 Å². The fourth-order valence-electron chi connectivity index (χ4n) is 5.44. The first-order valence-corrected chi connectivity index (χ1v) is 16.0. The molecule has 0 bridgehead atoms. The standard InChI is InChI=1S/C32H30ClN5O3S/c1-21-14-15-24-22(20-42(39,40)29-13-6-5-12-27(29)33)8-7-11-25(24)30(21)41-31-26(16-19-35-38-31)28-17-18-34-32(37-28)36-23-9-3-2-4-10-23/h5-8,11-19,23H,2-4,9-10,20H2,1H3,(H,34,36,37). The second kappa shape index (κ2) is 12.0. The summed E-state index contributed by atoms with van der Waals surface area (Å²) in [5.41, 5.74) is 2.85. The second-order valence-corrected chi connectivity index (χ2v) is 12.9. The third kappa shape index (κ3) is 5.93. The van der Waals surface area contributed by atoms with Crippen LogP contribution in [0.15, 0.2) is 84.0 Å². The molecular weight excluding hydrogens is 570 g/mol. The van der Waals surface area contributed by atoms with Gasteiger partial charge < -0.3 is 10.1 Å². The quantitative estimate of drug-likeness (QED) is 0.195. The van der Waals surface area contributed by atoms with E-state index >= 15 is 0 Å². The molecule has 2 heterocycles. The summed E-state index contributed by atoms with van der Waals surface area (Å²) in [7, 11) is -3.69. The summed E-state index contributed by atoms with van der Waals surface area (Å²) in [5.74, 6) is 1.24. The SMILES string of the molecule is Cc1ccc2c(CS(=O)(=O)c3ccccc3Cl)cccc2c1Oc1nnccc1-c1ccnc(NC2CCCCC2)n1. The van der Waals surface area contributed by atoms with Gasteiger partial charge in [-0.05, 0) is 60.5 Å². The van der Waals surface area contributed by atoms with Gasteiger partial charge in [-0.25, -0.2) is 18.4 Å². The molecule has 1 N–H and O–H groups in total. The molecule has 0 radical (unpaired) electrons. The van der Waals surface area contributed by atoms with E-state index < -0.39 is 9.84 Å². The van der Waals surface area contributed by atoms with Crippen molar-refractivity contribution < 1.29 is 13.2 Å². The Hall–Kier alpha value is -4.08. The molecule has 1 saturated carbocycles. The fourth-order valence-corrected chi connectivity index (χ4v) is 7.39. The highest BCUT2D eigenvalue weighted by Crippen LogP contribution is 2.38. The Morgan fingerprint density at radius 2 is 1.76 bits per heavy atom. The molecule has 214 valence electrons. The van der Waals surface area contributed by atoms with Crippen LogP contribution in [-0.2, 0) is 15.6 Å². The van der Waals surface area contributed by atoms with Crippen LogP contribution in [0.2, 0.25) is 5.02 Å². The number of hydrogen-bond acceptors (Lipinski definition) is 8. The van der Waals surface area contributed by atoms with Gasteiger partial charge in [0.2, 0.25) is 11.8 Å². The average Bonchev–Trinajstić information content (AvgIpc) is 2.99. The third-order valence-electron chi connectivity index (χ3n) is 7.57. The summed E-state index contributed by atoms with van der Waals surface area (Å²) < 4.78 is 33.1. The van der Waals surface area contributed by atoms with Crippen LogP contribution >= 0.6 is 11.6 Å². The molecule has 0 unspecified atom stereocenters. The molecule has 0 spiro atoms. The van der Waals surface area contributed by atoms with Gasteiger partial charge in [-0.3, -0.25) is 0 Å². The Balaban J connectivity index is 1.34. The third-order valence-corrected chi connectivity index (χ3v) is 9.73. The summed E-state index contributed by atoms with van der Waals surface area (Å²) in [6.45, 7) is 1.94. The van der Waals surface area contributed by atoms with E-state index in [9.17, 15) is 8.42 Å². The van der Waals surface area contributed by atoms with E-state index in [0.717, 1.165) is 29.2 Å². The number of nitrogens with one attached hydrogen (secondary N) is 1. The van der Waals surface area contributed by atoms with Crippen LogP contribution in [0.3, 0.4) is 0 Å².